The lowest BCUT2D eigenvalue weighted by Gasteiger charge is -2.27. The van der Waals surface area contributed by atoms with Gasteiger partial charge in [-0.05, 0) is 25.0 Å². The Morgan fingerprint density at radius 3 is 2.85 bits per heavy atom. The summed E-state index contributed by atoms with van der Waals surface area (Å²) in [5.74, 6) is -0.530. The molecule has 20 heavy (non-hydrogen) atoms. The van der Waals surface area contributed by atoms with Gasteiger partial charge in [-0.2, -0.15) is 13.2 Å². The predicted octanol–water partition coefficient (Wildman–Crippen LogP) is 2.19. The second-order valence-electron chi connectivity index (χ2n) is 5.11. The first-order chi connectivity index (χ1) is 9.48. The van der Waals surface area contributed by atoms with Crippen molar-refractivity contribution in [2.24, 2.45) is 0 Å². The van der Waals surface area contributed by atoms with Crippen LogP contribution >= 0.6 is 0 Å². The summed E-state index contributed by atoms with van der Waals surface area (Å²) in [5, 5.41) is 0. The third kappa shape index (κ3) is 2.19. The number of aromatic nitrogens is 1. The molecule has 1 amide bonds. The molecule has 0 aliphatic carbocycles. The average molecular weight is 288 g/mol. The highest BCUT2D eigenvalue weighted by Crippen LogP contribution is 2.33. The maximum atomic E-state index is 12.9. The zero-order valence-corrected chi connectivity index (χ0v) is 10.8. The van der Waals surface area contributed by atoms with Gasteiger partial charge >= 0.3 is 6.18 Å². The van der Waals surface area contributed by atoms with Gasteiger partial charge in [-0.1, -0.05) is 0 Å². The van der Waals surface area contributed by atoms with Crippen LogP contribution in [0.4, 0.5) is 13.2 Å². The van der Waals surface area contributed by atoms with Crippen LogP contribution in [0.5, 0.6) is 0 Å². The summed E-state index contributed by atoms with van der Waals surface area (Å²) in [6.45, 7) is 1.55. The quantitative estimate of drug-likeness (QED) is 0.794. The number of hydrogen-bond acceptors (Lipinski definition) is 2. The van der Waals surface area contributed by atoms with Crippen LogP contribution < -0.4 is 0 Å². The van der Waals surface area contributed by atoms with Crippen molar-refractivity contribution in [3.05, 3.63) is 23.5 Å². The molecule has 0 N–H and O–H groups in total. The van der Waals surface area contributed by atoms with Gasteiger partial charge in [0.2, 0.25) is 0 Å². The third-order valence-corrected chi connectivity index (χ3v) is 3.89. The van der Waals surface area contributed by atoms with Crippen LogP contribution in [-0.2, 0) is 17.9 Å². The van der Waals surface area contributed by atoms with Gasteiger partial charge in [0.05, 0.1) is 13.2 Å². The summed E-state index contributed by atoms with van der Waals surface area (Å²) in [7, 11) is 0. The second kappa shape index (κ2) is 4.80. The molecule has 7 heteroatoms. The minimum Gasteiger partial charge on any atom is -0.373 e. The number of amides is 1. The number of likely N-dealkylation sites (tertiary alicyclic amines) is 1. The number of ether oxygens (including phenoxy) is 1. The molecule has 1 atom stereocenters. The first-order valence-electron chi connectivity index (χ1n) is 6.62. The normalized spacial score (nSPS) is 22.9. The Morgan fingerprint density at radius 1 is 1.30 bits per heavy atom. The van der Waals surface area contributed by atoms with Crippen molar-refractivity contribution in [3.8, 4) is 0 Å². The maximum Gasteiger partial charge on any atom is 0.408 e. The number of fused-ring (bicyclic) bond motifs is 1. The molecule has 2 aliphatic heterocycles. The maximum absolute atomic E-state index is 12.9. The lowest BCUT2D eigenvalue weighted by atomic mass is 10.2. The van der Waals surface area contributed by atoms with Crippen molar-refractivity contribution in [1.82, 2.24) is 9.47 Å². The molecule has 110 valence electrons. The average Bonchev–Trinajstić information content (AvgIpc) is 3.04. The molecule has 0 radical (unpaired) electrons. The Hall–Kier alpha value is -1.50. The molecule has 1 fully saturated rings. The molecule has 1 saturated heterocycles. The summed E-state index contributed by atoms with van der Waals surface area (Å²) >= 11 is 0. The number of nitrogens with zero attached hydrogens (tertiary/aromatic N) is 2. The number of halogens is 3. The molecule has 4 nitrogen and oxygen atoms in total. The highest BCUT2D eigenvalue weighted by atomic mass is 19.4. The lowest BCUT2D eigenvalue weighted by molar-refractivity contribution is -0.169. The summed E-state index contributed by atoms with van der Waals surface area (Å²) in [6, 6.07) is 1.68. The van der Waals surface area contributed by atoms with E-state index in [1.165, 1.54) is 0 Å². The van der Waals surface area contributed by atoms with Gasteiger partial charge in [0.25, 0.3) is 5.91 Å². The molecular weight excluding hydrogens is 273 g/mol. The number of rotatable bonds is 1. The number of carbonyl (C=O) groups excluding carboxylic acids is 1. The van der Waals surface area contributed by atoms with Crippen LogP contribution in [0, 0.1) is 0 Å². The van der Waals surface area contributed by atoms with E-state index in [9.17, 15) is 18.0 Å². The van der Waals surface area contributed by atoms with Crippen LogP contribution in [0.2, 0.25) is 0 Å². The molecule has 0 saturated carbocycles. The topological polar surface area (TPSA) is 34.5 Å². The van der Waals surface area contributed by atoms with E-state index in [0.717, 1.165) is 10.6 Å². The van der Waals surface area contributed by atoms with E-state index in [1.807, 2.05) is 0 Å². The van der Waals surface area contributed by atoms with Crippen LogP contribution in [0.3, 0.4) is 0 Å². The van der Waals surface area contributed by atoms with Crippen molar-refractivity contribution in [2.75, 3.05) is 13.2 Å². The predicted molar refractivity (Wildman–Crippen MR) is 64.2 cm³/mol. The zero-order valence-electron chi connectivity index (χ0n) is 10.8. The molecule has 1 aromatic rings. The van der Waals surface area contributed by atoms with Gasteiger partial charge in [-0.25, -0.2) is 0 Å². The lowest BCUT2D eigenvalue weighted by Crippen LogP contribution is -2.45. The van der Waals surface area contributed by atoms with Crippen LogP contribution in [0.1, 0.15) is 29.0 Å². The van der Waals surface area contributed by atoms with E-state index >= 15 is 0 Å². The highest BCUT2D eigenvalue weighted by Gasteiger charge is 2.48. The van der Waals surface area contributed by atoms with E-state index in [4.69, 9.17) is 4.74 Å². The molecule has 0 aromatic carbocycles. The fourth-order valence-corrected chi connectivity index (χ4v) is 2.92. The van der Waals surface area contributed by atoms with Crippen LogP contribution in [0.25, 0.3) is 0 Å². The number of carbonyl (C=O) groups is 1. The number of hydrogen-bond donors (Lipinski definition) is 0. The van der Waals surface area contributed by atoms with E-state index in [2.05, 4.69) is 0 Å². The van der Waals surface area contributed by atoms with Gasteiger partial charge in [-0.3, -0.25) is 4.79 Å². The van der Waals surface area contributed by atoms with Gasteiger partial charge in [-0.15, -0.1) is 0 Å². The number of alkyl halides is 3. The van der Waals surface area contributed by atoms with Gasteiger partial charge in [0.1, 0.15) is 11.7 Å². The Morgan fingerprint density at radius 2 is 2.10 bits per heavy atom. The molecular formula is C13H15F3N2O2. The Labute approximate surface area is 114 Å². The first kappa shape index (κ1) is 13.5. The van der Waals surface area contributed by atoms with Gasteiger partial charge < -0.3 is 14.2 Å². The van der Waals surface area contributed by atoms with Crippen molar-refractivity contribution in [1.29, 1.82) is 0 Å². The standard InChI is InChI=1S/C13H15F3N2O2/c14-13(15,16)11-2-1-5-18(11)12(19)10-4-3-9-8-20-7-6-17(9)10/h3-4,11H,1-2,5-8H2/t11-/m1/s1. The van der Waals surface area contributed by atoms with E-state index < -0.39 is 18.1 Å². The Kier molecular flexibility index (Phi) is 3.24. The highest BCUT2D eigenvalue weighted by molar-refractivity contribution is 5.93. The molecule has 1 aromatic heterocycles. The first-order valence-corrected chi connectivity index (χ1v) is 6.62. The summed E-state index contributed by atoms with van der Waals surface area (Å²) in [6.07, 6.45) is -3.97. The Bertz CT molecular complexity index is 524. The van der Waals surface area contributed by atoms with Crippen molar-refractivity contribution < 1.29 is 22.7 Å². The summed E-state index contributed by atoms with van der Waals surface area (Å²) in [5.41, 5.74) is 1.17. The van der Waals surface area contributed by atoms with E-state index in [-0.39, 0.29) is 13.0 Å². The van der Waals surface area contributed by atoms with Crippen molar-refractivity contribution in [2.45, 2.75) is 38.2 Å². The smallest absolute Gasteiger partial charge is 0.373 e. The van der Waals surface area contributed by atoms with E-state index in [1.54, 1.807) is 16.7 Å². The SMILES string of the molecule is O=C(c1ccc2n1CCOC2)N1CCC[C@@H]1C(F)(F)F. The molecule has 0 unspecified atom stereocenters. The summed E-state index contributed by atoms with van der Waals surface area (Å²) < 4.78 is 45.8. The molecule has 0 bridgehead atoms. The second-order valence-corrected chi connectivity index (χ2v) is 5.11. The van der Waals surface area contributed by atoms with Crippen LogP contribution in [-0.4, -0.2) is 40.7 Å². The summed E-state index contributed by atoms with van der Waals surface area (Å²) in [4.78, 5) is 13.4. The third-order valence-electron chi connectivity index (χ3n) is 3.89. The Balaban J connectivity index is 1.87. The zero-order chi connectivity index (χ0) is 14.3. The van der Waals surface area contributed by atoms with Crippen LogP contribution in [0.15, 0.2) is 12.1 Å². The molecule has 0 spiro atoms. The van der Waals surface area contributed by atoms with Crippen molar-refractivity contribution in [3.63, 3.8) is 0 Å². The van der Waals surface area contributed by atoms with Crippen molar-refractivity contribution >= 4 is 5.91 Å². The molecule has 2 aliphatic rings. The minimum absolute atomic E-state index is 0.00802. The molecule has 3 rings (SSSR count). The minimum atomic E-state index is -4.35. The van der Waals surface area contributed by atoms with E-state index in [0.29, 0.717) is 31.9 Å². The fourth-order valence-electron chi connectivity index (χ4n) is 2.92. The molecule has 3 heterocycles. The van der Waals surface area contributed by atoms with Gasteiger partial charge in [0, 0.05) is 18.8 Å². The van der Waals surface area contributed by atoms with Gasteiger partial charge in [0.15, 0.2) is 0 Å². The monoisotopic (exact) mass is 288 g/mol. The fraction of sp³-hybridized carbons (Fsp3) is 0.615. The largest absolute Gasteiger partial charge is 0.408 e.